The van der Waals surface area contributed by atoms with E-state index >= 15 is 0 Å². The lowest BCUT2D eigenvalue weighted by molar-refractivity contribution is 0.288. The van der Waals surface area contributed by atoms with E-state index in [0.717, 1.165) is 31.9 Å². The maximum atomic E-state index is 12.4. The monoisotopic (exact) mass is 347 g/mol. The maximum Gasteiger partial charge on any atom is 0.258 e. The first-order valence-corrected chi connectivity index (χ1v) is 8.56. The van der Waals surface area contributed by atoms with E-state index < -0.39 is 0 Å². The van der Waals surface area contributed by atoms with E-state index in [4.69, 9.17) is 6.42 Å². The smallest absolute Gasteiger partial charge is 0.258 e. The topological polar surface area (TPSA) is 65.2 Å². The molecule has 0 aliphatic carbocycles. The predicted molar refractivity (Wildman–Crippen MR) is 102 cm³/mol. The molecule has 0 amide bonds. The van der Waals surface area contributed by atoms with E-state index in [1.54, 1.807) is 19.9 Å². The van der Waals surface area contributed by atoms with Crippen LogP contribution in [0.1, 0.15) is 17.1 Å². The van der Waals surface area contributed by atoms with Gasteiger partial charge in [-0.2, -0.15) is 5.26 Å². The Kier molecular flexibility index (Phi) is 5.06. The minimum atomic E-state index is -0.144. The Balaban J connectivity index is 1.92. The van der Waals surface area contributed by atoms with Crippen LogP contribution in [0.15, 0.2) is 29.1 Å². The molecule has 2 aromatic rings. The van der Waals surface area contributed by atoms with Crippen LogP contribution < -0.4 is 10.5 Å². The molecule has 3 rings (SSSR count). The van der Waals surface area contributed by atoms with Gasteiger partial charge in [0.2, 0.25) is 0 Å². The molecular weight excluding hydrogens is 326 g/mol. The van der Waals surface area contributed by atoms with Crippen molar-refractivity contribution in [1.82, 2.24) is 14.5 Å². The van der Waals surface area contributed by atoms with Crippen molar-refractivity contribution in [2.45, 2.75) is 13.8 Å². The molecule has 1 aromatic carbocycles. The number of benzene rings is 1. The lowest BCUT2D eigenvalue weighted by atomic mass is 10.1. The van der Waals surface area contributed by atoms with Crippen molar-refractivity contribution in [3.05, 3.63) is 51.7 Å². The lowest BCUT2D eigenvalue weighted by Crippen LogP contribution is -2.46. The summed E-state index contributed by atoms with van der Waals surface area (Å²) in [5, 5.41) is 9.62. The Morgan fingerprint density at radius 2 is 1.92 bits per heavy atom. The number of hydrogen-bond donors (Lipinski definition) is 0. The molecule has 1 saturated heterocycles. The van der Waals surface area contributed by atoms with E-state index in [1.807, 2.05) is 12.1 Å². The molecule has 132 valence electrons. The molecule has 0 spiro atoms. The van der Waals surface area contributed by atoms with E-state index in [-0.39, 0.29) is 5.56 Å². The zero-order valence-electron chi connectivity index (χ0n) is 15.1. The van der Waals surface area contributed by atoms with Crippen molar-refractivity contribution in [3.8, 4) is 24.1 Å². The normalized spacial score (nSPS) is 14.7. The lowest BCUT2D eigenvalue weighted by Gasteiger charge is -2.35. The summed E-state index contributed by atoms with van der Waals surface area (Å²) in [7, 11) is 0. The molecule has 1 fully saturated rings. The Labute approximate surface area is 153 Å². The number of aromatic nitrogens is 2. The Hall–Kier alpha value is -3.09. The number of aryl methyl sites for hydroxylation is 2. The third-order valence-electron chi connectivity index (χ3n) is 4.60. The summed E-state index contributed by atoms with van der Waals surface area (Å²) < 4.78 is 1.53. The summed E-state index contributed by atoms with van der Waals surface area (Å²) in [5.74, 6) is 3.28. The predicted octanol–water partition coefficient (Wildman–Crippen LogP) is 1.48. The molecule has 26 heavy (non-hydrogen) atoms. The Bertz CT molecular complexity index is 956. The van der Waals surface area contributed by atoms with Crippen LogP contribution in [0.3, 0.4) is 0 Å². The van der Waals surface area contributed by atoms with Gasteiger partial charge in [-0.1, -0.05) is 5.92 Å². The molecule has 0 unspecified atom stereocenters. The minimum Gasteiger partial charge on any atom is -0.368 e. The van der Waals surface area contributed by atoms with Gasteiger partial charge in [0.15, 0.2) is 0 Å². The first-order chi connectivity index (χ1) is 12.5. The minimum absolute atomic E-state index is 0.144. The van der Waals surface area contributed by atoms with Gasteiger partial charge in [-0.05, 0) is 32.0 Å². The highest BCUT2D eigenvalue weighted by Crippen LogP contribution is 2.24. The summed E-state index contributed by atoms with van der Waals surface area (Å²) in [6.45, 7) is 7.62. The highest BCUT2D eigenvalue weighted by atomic mass is 16.1. The summed E-state index contributed by atoms with van der Waals surface area (Å²) in [6, 6.07) is 9.31. The average molecular weight is 347 g/mol. The molecule has 1 aliphatic heterocycles. The van der Waals surface area contributed by atoms with Crippen LogP contribution in [0.4, 0.5) is 5.69 Å². The molecule has 6 heteroatoms. The van der Waals surface area contributed by atoms with Gasteiger partial charge in [0.25, 0.3) is 5.56 Å². The van der Waals surface area contributed by atoms with Gasteiger partial charge in [0.1, 0.15) is 11.9 Å². The molecule has 1 aromatic heterocycles. The van der Waals surface area contributed by atoms with E-state index in [2.05, 4.69) is 26.8 Å². The fourth-order valence-electron chi connectivity index (χ4n) is 3.36. The average Bonchev–Trinajstić information content (AvgIpc) is 2.62. The third-order valence-corrected chi connectivity index (χ3v) is 4.60. The highest BCUT2D eigenvalue weighted by molar-refractivity contribution is 5.63. The molecule has 0 bridgehead atoms. The fourth-order valence-corrected chi connectivity index (χ4v) is 3.36. The molecule has 1 aliphatic rings. The summed E-state index contributed by atoms with van der Waals surface area (Å²) in [5.41, 5.74) is 2.65. The molecule has 2 heterocycles. The number of nitrogens with zero attached hydrogens (tertiary/aromatic N) is 5. The van der Waals surface area contributed by atoms with E-state index in [9.17, 15) is 10.1 Å². The number of hydrogen-bond acceptors (Lipinski definition) is 5. The van der Waals surface area contributed by atoms with Gasteiger partial charge in [0, 0.05) is 37.9 Å². The highest BCUT2D eigenvalue weighted by Gasteiger charge is 2.19. The number of terminal acetylenes is 1. The van der Waals surface area contributed by atoms with Gasteiger partial charge >= 0.3 is 0 Å². The first-order valence-electron chi connectivity index (χ1n) is 8.56. The molecule has 0 N–H and O–H groups in total. The SMILES string of the molecule is C#CCN1CCN(c2ccc(-n3c(C)nc(C)cc3=O)cc2C#N)CC1. The number of rotatable bonds is 3. The van der Waals surface area contributed by atoms with Gasteiger partial charge < -0.3 is 4.90 Å². The van der Waals surface area contributed by atoms with Crippen molar-refractivity contribution in [3.63, 3.8) is 0 Å². The number of nitriles is 1. The van der Waals surface area contributed by atoms with Crippen LogP contribution in [0.5, 0.6) is 0 Å². The van der Waals surface area contributed by atoms with Crippen LogP contribution in [0, 0.1) is 37.5 Å². The second kappa shape index (κ2) is 7.43. The molecule has 6 nitrogen and oxygen atoms in total. The molecule has 0 radical (unpaired) electrons. The second-order valence-electron chi connectivity index (χ2n) is 6.40. The Morgan fingerprint density at radius 1 is 1.19 bits per heavy atom. The largest absolute Gasteiger partial charge is 0.368 e. The van der Waals surface area contributed by atoms with Crippen molar-refractivity contribution in [2.75, 3.05) is 37.6 Å². The van der Waals surface area contributed by atoms with Crippen molar-refractivity contribution >= 4 is 5.69 Å². The van der Waals surface area contributed by atoms with Crippen LogP contribution in [-0.4, -0.2) is 47.2 Å². The van der Waals surface area contributed by atoms with Crippen LogP contribution >= 0.6 is 0 Å². The van der Waals surface area contributed by atoms with E-state index in [1.165, 1.54) is 10.6 Å². The quantitative estimate of drug-likeness (QED) is 0.787. The first kappa shape index (κ1) is 17.7. The zero-order valence-corrected chi connectivity index (χ0v) is 15.1. The zero-order chi connectivity index (χ0) is 18.7. The van der Waals surface area contributed by atoms with Gasteiger partial charge in [-0.3, -0.25) is 14.3 Å². The van der Waals surface area contributed by atoms with Crippen LogP contribution in [0.2, 0.25) is 0 Å². The van der Waals surface area contributed by atoms with E-state index in [0.29, 0.717) is 29.3 Å². The van der Waals surface area contributed by atoms with Crippen molar-refractivity contribution in [2.24, 2.45) is 0 Å². The molecule has 0 saturated carbocycles. The third kappa shape index (κ3) is 3.46. The summed E-state index contributed by atoms with van der Waals surface area (Å²) in [6.07, 6.45) is 5.38. The standard InChI is InChI=1S/C20H21N5O/c1-4-7-23-8-10-24(11-9-23)19-6-5-18(13-17(19)14-21)25-16(3)22-15(2)12-20(25)26/h1,5-6,12-13H,7-11H2,2-3H3. The number of anilines is 1. The maximum absolute atomic E-state index is 12.4. The van der Waals surface area contributed by atoms with Crippen molar-refractivity contribution in [1.29, 1.82) is 5.26 Å². The van der Waals surface area contributed by atoms with Crippen molar-refractivity contribution < 1.29 is 0 Å². The van der Waals surface area contributed by atoms with Crippen LogP contribution in [-0.2, 0) is 0 Å². The summed E-state index contributed by atoms with van der Waals surface area (Å²) in [4.78, 5) is 21.1. The number of piperazine rings is 1. The Morgan fingerprint density at radius 3 is 2.54 bits per heavy atom. The van der Waals surface area contributed by atoms with Gasteiger partial charge in [-0.25, -0.2) is 4.98 Å². The van der Waals surface area contributed by atoms with Gasteiger partial charge in [-0.15, -0.1) is 6.42 Å². The second-order valence-corrected chi connectivity index (χ2v) is 6.40. The summed E-state index contributed by atoms with van der Waals surface area (Å²) >= 11 is 0. The van der Waals surface area contributed by atoms with Crippen LogP contribution in [0.25, 0.3) is 5.69 Å². The molecular formula is C20H21N5O. The fraction of sp³-hybridized carbons (Fsp3) is 0.350. The molecule has 0 atom stereocenters. The van der Waals surface area contributed by atoms with Gasteiger partial charge in [0.05, 0.1) is 23.5 Å².